The fourth-order valence-corrected chi connectivity index (χ4v) is 3.11. The maximum atomic E-state index is 12.7. The van der Waals surface area contributed by atoms with E-state index in [-0.39, 0.29) is 11.6 Å². The van der Waals surface area contributed by atoms with Crippen LogP contribution in [-0.2, 0) is 4.79 Å². The molecule has 1 N–H and O–H groups in total. The van der Waals surface area contributed by atoms with Gasteiger partial charge in [-0.3, -0.25) is 4.79 Å². The molecule has 102 valence electrons. The molecule has 0 aromatic carbocycles. The predicted octanol–water partition coefficient (Wildman–Crippen LogP) is 2.47. The van der Waals surface area contributed by atoms with Gasteiger partial charge in [-0.2, -0.15) is 0 Å². The van der Waals surface area contributed by atoms with Crippen molar-refractivity contribution in [3.8, 4) is 0 Å². The molecule has 1 amide bonds. The Balaban J connectivity index is 2.18. The molecule has 0 aliphatic carbocycles. The number of nitrogens with zero attached hydrogens (tertiary/aromatic N) is 1. The van der Waals surface area contributed by atoms with Gasteiger partial charge in [0.15, 0.2) is 0 Å². The summed E-state index contributed by atoms with van der Waals surface area (Å²) in [5, 5.41) is 3.47. The van der Waals surface area contributed by atoms with Gasteiger partial charge in [0.05, 0.1) is 6.04 Å². The molecule has 0 unspecified atom stereocenters. The highest BCUT2D eigenvalue weighted by Gasteiger charge is 2.38. The first-order valence-electron chi connectivity index (χ1n) is 7.13. The van der Waals surface area contributed by atoms with Crippen molar-refractivity contribution in [1.29, 1.82) is 0 Å². The third-order valence-electron chi connectivity index (χ3n) is 3.89. The van der Waals surface area contributed by atoms with Gasteiger partial charge >= 0.3 is 0 Å². The van der Waals surface area contributed by atoms with E-state index in [4.69, 9.17) is 0 Å². The van der Waals surface area contributed by atoms with E-state index in [1.807, 2.05) is 0 Å². The van der Waals surface area contributed by atoms with Gasteiger partial charge in [-0.05, 0) is 53.4 Å². The first-order chi connectivity index (χ1) is 8.38. The Hall–Kier alpha value is -0.830. The van der Waals surface area contributed by atoms with Gasteiger partial charge in [-0.1, -0.05) is 12.2 Å². The topological polar surface area (TPSA) is 32.3 Å². The molecule has 3 heteroatoms. The van der Waals surface area contributed by atoms with Crippen molar-refractivity contribution < 1.29 is 4.79 Å². The van der Waals surface area contributed by atoms with Crippen LogP contribution in [0.1, 0.15) is 53.4 Å². The Morgan fingerprint density at radius 1 is 1.22 bits per heavy atom. The lowest BCUT2D eigenvalue weighted by Gasteiger charge is -2.36. The first-order valence-corrected chi connectivity index (χ1v) is 7.13. The Morgan fingerprint density at radius 2 is 1.89 bits per heavy atom. The summed E-state index contributed by atoms with van der Waals surface area (Å²) in [6.45, 7) is 8.53. The first kappa shape index (κ1) is 13.6. The third-order valence-corrected chi connectivity index (χ3v) is 3.89. The lowest BCUT2D eigenvalue weighted by molar-refractivity contribution is -0.136. The minimum Gasteiger partial charge on any atom is -0.335 e. The van der Waals surface area contributed by atoms with E-state index in [1.54, 1.807) is 0 Å². The molecule has 2 rings (SSSR count). The number of hydrogen-bond donors (Lipinski definition) is 1. The molecule has 1 saturated heterocycles. The number of carbonyl (C=O) groups excluding carboxylic acids is 1. The van der Waals surface area contributed by atoms with Gasteiger partial charge in [0, 0.05) is 17.6 Å². The second-order valence-electron chi connectivity index (χ2n) is 6.72. The van der Waals surface area contributed by atoms with E-state index in [2.05, 4.69) is 50.1 Å². The highest BCUT2D eigenvalue weighted by molar-refractivity contribution is 5.83. The summed E-state index contributed by atoms with van der Waals surface area (Å²) in [6.07, 6.45) is 8.55. The van der Waals surface area contributed by atoms with Gasteiger partial charge < -0.3 is 10.2 Å². The average molecular weight is 250 g/mol. The quantitative estimate of drug-likeness (QED) is 0.725. The van der Waals surface area contributed by atoms with E-state index in [0.717, 1.165) is 25.7 Å². The van der Waals surface area contributed by atoms with E-state index in [1.165, 1.54) is 0 Å². The molecule has 2 aliphatic heterocycles. The molecule has 3 nitrogen and oxygen atoms in total. The molecule has 2 heterocycles. The van der Waals surface area contributed by atoms with Gasteiger partial charge in [-0.25, -0.2) is 0 Å². The Kier molecular flexibility index (Phi) is 3.81. The van der Waals surface area contributed by atoms with Crippen molar-refractivity contribution in [2.45, 2.75) is 77.0 Å². The zero-order valence-electron chi connectivity index (χ0n) is 12.1. The molecule has 1 fully saturated rings. The lowest BCUT2D eigenvalue weighted by atomic mass is 10.0. The van der Waals surface area contributed by atoms with Crippen molar-refractivity contribution in [2.24, 2.45) is 0 Å². The SMILES string of the molecule is C[C@@H]1CC[C@@H]2C/C=C\C[C@H](NC(C)(C)C)C(=O)N21. The Bertz CT molecular complexity index is 343. The molecule has 18 heavy (non-hydrogen) atoms. The summed E-state index contributed by atoms with van der Waals surface area (Å²) in [7, 11) is 0. The van der Waals surface area contributed by atoms with Crippen LogP contribution in [0.5, 0.6) is 0 Å². The van der Waals surface area contributed by atoms with E-state index >= 15 is 0 Å². The monoisotopic (exact) mass is 250 g/mol. The second-order valence-corrected chi connectivity index (χ2v) is 6.72. The molecule has 0 aromatic heterocycles. The molecule has 0 spiro atoms. The lowest BCUT2D eigenvalue weighted by Crippen LogP contribution is -2.55. The van der Waals surface area contributed by atoms with Crippen LogP contribution >= 0.6 is 0 Å². The second kappa shape index (κ2) is 5.04. The normalized spacial score (nSPS) is 35.0. The van der Waals surface area contributed by atoms with Gasteiger partial charge in [0.1, 0.15) is 0 Å². The van der Waals surface area contributed by atoms with Gasteiger partial charge in [0.2, 0.25) is 5.91 Å². The molecule has 0 aromatic rings. The largest absolute Gasteiger partial charge is 0.335 e. The molecule has 2 aliphatic rings. The van der Waals surface area contributed by atoms with Crippen LogP contribution < -0.4 is 5.32 Å². The maximum Gasteiger partial charge on any atom is 0.240 e. The van der Waals surface area contributed by atoms with Crippen molar-refractivity contribution in [1.82, 2.24) is 10.2 Å². The highest BCUT2D eigenvalue weighted by atomic mass is 16.2. The predicted molar refractivity (Wildman–Crippen MR) is 74.4 cm³/mol. The van der Waals surface area contributed by atoms with Crippen LogP contribution in [-0.4, -0.2) is 34.5 Å². The van der Waals surface area contributed by atoms with Crippen LogP contribution in [0.25, 0.3) is 0 Å². The molecule has 0 radical (unpaired) electrons. The Labute approximate surface area is 111 Å². The van der Waals surface area contributed by atoms with E-state index < -0.39 is 0 Å². The fourth-order valence-electron chi connectivity index (χ4n) is 3.11. The van der Waals surface area contributed by atoms with E-state index in [9.17, 15) is 4.79 Å². The van der Waals surface area contributed by atoms with Crippen molar-refractivity contribution in [3.05, 3.63) is 12.2 Å². The molecule has 3 atom stereocenters. The Morgan fingerprint density at radius 3 is 2.56 bits per heavy atom. The summed E-state index contributed by atoms with van der Waals surface area (Å²) >= 11 is 0. The zero-order valence-corrected chi connectivity index (χ0v) is 12.1. The van der Waals surface area contributed by atoms with Crippen LogP contribution in [0.15, 0.2) is 12.2 Å². The zero-order chi connectivity index (χ0) is 13.3. The van der Waals surface area contributed by atoms with Crippen LogP contribution in [0.3, 0.4) is 0 Å². The average Bonchev–Trinajstić information content (AvgIpc) is 2.59. The number of amides is 1. The molecule has 0 bridgehead atoms. The number of rotatable bonds is 1. The van der Waals surface area contributed by atoms with Gasteiger partial charge in [0.25, 0.3) is 0 Å². The standard InChI is InChI=1S/C15H26N2O/c1-11-9-10-12-7-5-6-8-13(14(18)17(11)12)16-15(2,3)4/h5-6,11-13,16H,7-10H2,1-4H3/b6-5-/t11-,12+,13+/m1/s1. The minimum atomic E-state index is -0.0652. The van der Waals surface area contributed by atoms with Crippen LogP contribution in [0.4, 0.5) is 0 Å². The summed E-state index contributed by atoms with van der Waals surface area (Å²) in [5.74, 6) is 0.296. The number of hydrogen-bond acceptors (Lipinski definition) is 2. The maximum absolute atomic E-state index is 12.7. The van der Waals surface area contributed by atoms with Crippen molar-refractivity contribution in [2.75, 3.05) is 0 Å². The number of nitrogens with one attached hydrogen (secondary N) is 1. The summed E-state index contributed by atoms with van der Waals surface area (Å²) in [6, 6.07) is 0.760. The highest BCUT2D eigenvalue weighted by Crippen LogP contribution is 2.29. The number of carbonyl (C=O) groups is 1. The summed E-state index contributed by atoms with van der Waals surface area (Å²) < 4.78 is 0. The van der Waals surface area contributed by atoms with Crippen molar-refractivity contribution >= 4 is 5.91 Å². The fraction of sp³-hybridized carbons (Fsp3) is 0.800. The van der Waals surface area contributed by atoms with Crippen LogP contribution in [0.2, 0.25) is 0 Å². The van der Waals surface area contributed by atoms with E-state index in [0.29, 0.717) is 18.0 Å². The molecule has 0 saturated carbocycles. The molecular weight excluding hydrogens is 224 g/mol. The third kappa shape index (κ3) is 2.94. The number of fused-ring (bicyclic) bond motifs is 1. The van der Waals surface area contributed by atoms with Crippen molar-refractivity contribution in [3.63, 3.8) is 0 Å². The van der Waals surface area contributed by atoms with Crippen LogP contribution in [0, 0.1) is 0 Å². The smallest absolute Gasteiger partial charge is 0.240 e. The summed E-state index contributed by atoms with van der Waals surface area (Å²) in [4.78, 5) is 14.8. The summed E-state index contributed by atoms with van der Waals surface area (Å²) in [5.41, 5.74) is -0.0220. The minimum absolute atomic E-state index is 0.0220. The van der Waals surface area contributed by atoms with Gasteiger partial charge in [-0.15, -0.1) is 0 Å². The molecular formula is C15H26N2O.